The number of nitrogens with two attached hydrogens (primary N) is 1. The van der Waals surface area contributed by atoms with E-state index < -0.39 is 10.0 Å². The quantitative estimate of drug-likeness (QED) is 0.644. The number of hydrogen-bond acceptors (Lipinski definition) is 5. The molecule has 1 aromatic heterocycles. The van der Waals surface area contributed by atoms with Crippen LogP contribution >= 0.6 is 0 Å². The largest absolute Gasteiger partial charge is 0.362 e. The van der Waals surface area contributed by atoms with E-state index in [-0.39, 0.29) is 10.7 Å². The van der Waals surface area contributed by atoms with E-state index in [9.17, 15) is 13.2 Å². The summed E-state index contributed by atoms with van der Waals surface area (Å²) in [4.78, 5) is 15.6. The molecule has 0 atom stereocenters. The number of aromatic nitrogens is 1. The van der Waals surface area contributed by atoms with Crippen molar-refractivity contribution in [2.24, 2.45) is 5.14 Å². The number of benzene rings is 1. The fourth-order valence-corrected chi connectivity index (χ4v) is 2.08. The van der Waals surface area contributed by atoms with Crippen molar-refractivity contribution in [1.29, 1.82) is 0 Å². The number of nitrogens with zero attached hydrogens (tertiary/aromatic N) is 1. The number of primary sulfonamides is 1. The Hall–Kier alpha value is -2.51. The second-order valence-corrected chi connectivity index (χ2v) is 5.71. The molecule has 7 heteroatoms. The Bertz CT molecular complexity index is 754. The van der Waals surface area contributed by atoms with Crippen LogP contribution in [0.2, 0.25) is 0 Å². The van der Waals surface area contributed by atoms with Gasteiger partial charge in [-0.2, -0.15) is 0 Å². The minimum atomic E-state index is -3.70. The molecule has 1 aromatic carbocycles. The predicted octanol–water partition coefficient (Wildman–Crippen LogP) is 1.54. The lowest BCUT2D eigenvalue weighted by Crippen LogP contribution is -2.11. The van der Waals surface area contributed by atoms with Crippen molar-refractivity contribution in [2.75, 3.05) is 5.32 Å². The third kappa shape index (κ3) is 4.23. The number of pyridine rings is 1. The van der Waals surface area contributed by atoms with Gasteiger partial charge < -0.3 is 5.32 Å². The Labute approximate surface area is 122 Å². The molecule has 0 amide bonds. The number of carbonyl (C=O) groups is 1. The first-order chi connectivity index (χ1) is 9.97. The summed E-state index contributed by atoms with van der Waals surface area (Å²) in [6.45, 7) is 0. The van der Waals surface area contributed by atoms with Crippen LogP contribution in [0.1, 0.15) is 10.4 Å². The number of carbonyl (C=O) groups excluding carboxylic acids is 1. The van der Waals surface area contributed by atoms with Gasteiger partial charge in [-0.3, -0.25) is 9.78 Å². The van der Waals surface area contributed by atoms with Gasteiger partial charge in [0.15, 0.2) is 5.78 Å². The highest BCUT2D eigenvalue weighted by molar-refractivity contribution is 7.89. The molecule has 0 aliphatic heterocycles. The summed E-state index contributed by atoms with van der Waals surface area (Å²) in [5.41, 5.74) is 1.17. The molecule has 0 spiro atoms. The summed E-state index contributed by atoms with van der Waals surface area (Å²) in [5, 5.41) is 7.87. The molecule has 108 valence electrons. The zero-order valence-electron chi connectivity index (χ0n) is 10.9. The number of sulfonamides is 1. The van der Waals surface area contributed by atoms with E-state index in [1.165, 1.54) is 24.4 Å². The van der Waals surface area contributed by atoms with Crippen LogP contribution in [0, 0.1) is 0 Å². The molecule has 21 heavy (non-hydrogen) atoms. The maximum absolute atomic E-state index is 11.8. The Balaban J connectivity index is 2.00. The van der Waals surface area contributed by atoms with E-state index in [0.29, 0.717) is 11.3 Å². The first-order valence-corrected chi connectivity index (χ1v) is 7.52. The van der Waals surface area contributed by atoms with Crippen molar-refractivity contribution in [3.05, 3.63) is 66.6 Å². The number of hydrogen-bond donors (Lipinski definition) is 2. The van der Waals surface area contributed by atoms with Gasteiger partial charge in [0.1, 0.15) is 0 Å². The maximum Gasteiger partial charge on any atom is 0.238 e. The van der Waals surface area contributed by atoms with E-state index in [4.69, 9.17) is 5.14 Å². The number of nitrogens with one attached hydrogen (secondary N) is 1. The van der Waals surface area contributed by atoms with Gasteiger partial charge in [-0.1, -0.05) is 0 Å². The lowest BCUT2D eigenvalue weighted by molar-refractivity contribution is 0.104. The molecule has 2 aromatic rings. The standard InChI is InChI=1S/C14H13N3O3S/c15-21(19,20)13-3-1-12(2-4-13)17-10-7-14(18)11-5-8-16-9-6-11/h1-10,17H,(H2,15,19,20)/b10-7+. The van der Waals surface area contributed by atoms with Crippen LogP contribution in [-0.2, 0) is 10.0 Å². The summed E-state index contributed by atoms with van der Waals surface area (Å²) in [6, 6.07) is 9.12. The van der Waals surface area contributed by atoms with Crippen molar-refractivity contribution < 1.29 is 13.2 Å². The highest BCUT2D eigenvalue weighted by Crippen LogP contribution is 2.12. The minimum Gasteiger partial charge on any atom is -0.362 e. The molecular formula is C14H13N3O3S. The Morgan fingerprint density at radius 1 is 1.10 bits per heavy atom. The second kappa shape index (κ2) is 6.29. The van der Waals surface area contributed by atoms with Crippen LogP contribution in [0.3, 0.4) is 0 Å². The lowest BCUT2D eigenvalue weighted by atomic mass is 10.2. The van der Waals surface area contributed by atoms with Crippen LogP contribution in [0.15, 0.2) is 66.0 Å². The third-order valence-electron chi connectivity index (χ3n) is 2.63. The first-order valence-electron chi connectivity index (χ1n) is 5.97. The maximum atomic E-state index is 11.8. The van der Waals surface area contributed by atoms with E-state index in [1.807, 2.05) is 0 Å². The molecule has 0 saturated heterocycles. The number of anilines is 1. The predicted molar refractivity (Wildman–Crippen MR) is 79.1 cm³/mol. The van der Waals surface area contributed by atoms with Crippen molar-refractivity contribution >= 4 is 21.5 Å². The van der Waals surface area contributed by atoms with Gasteiger partial charge >= 0.3 is 0 Å². The molecule has 0 radical (unpaired) electrons. The number of ketones is 1. The Morgan fingerprint density at radius 2 is 1.71 bits per heavy atom. The molecule has 0 fully saturated rings. The monoisotopic (exact) mass is 303 g/mol. The molecule has 2 rings (SSSR count). The lowest BCUT2D eigenvalue weighted by Gasteiger charge is -2.02. The molecule has 1 heterocycles. The molecular weight excluding hydrogens is 290 g/mol. The summed E-state index contributed by atoms with van der Waals surface area (Å²) < 4.78 is 22.2. The molecule has 0 aliphatic carbocycles. The summed E-state index contributed by atoms with van der Waals surface area (Å²) >= 11 is 0. The highest BCUT2D eigenvalue weighted by atomic mass is 32.2. The zero-order valence-corrected chi connectivity index (χ0v) is 11.7. The van der Waals surface area contributed by atoms with Crippen molar-refractivity contribution in [3.63, 3.8) is 0 Å². The SMILES string of the molecule is NS(=O)(=O)c1ccc(N/C=C/C(=O)c2ccncc2)cc1. The summed E-state index contributed by atoms with van der Waals surface area (Å²) in [5.74, 6) is -0.161. The summed E-state index contributed by atoms with van der Waals surface area (Å²) in [7, 11) is -3.70. The molecule has 0 aliphatic rings. The Morgan fingerprint density at radius 3 is 2.29 bits per heavy atom. The topological polar surface area (TPSA) is 102 Å². The van der Waals surface area contributed by atoms with Crippen molar-refractivity contribution in [1.82, 2.24) is 4.98 Å². The van der Waals surface area contributed by atoms with E-state index in [1.54, 1.807) is 36.7 Å². The van der Waals surface area contributed by atoms with E-state index in [2.05, 4.69) is 10.3 Å². The number of rotatable bonds is 5. The minimum absolute atomic E-state index is 0.0323. The Kier molecular flexibility index (Phi) is 4.46. The van der Waals surface area contributed by atoms with E-state index in [0.717, 1.165) is 0 Å². The summed E-state index contributed by atoms with van der Waals surface area (Å²) in [6.07, 6.45) is 5.94. The van der Waals surface area contributed by atoms with Gasteiger partial charge in [0.2, 0.25) is 10.0 Å². The van der Waals surface area contributed by atoms with Crippen LogP contribution in [-0.4, -0.2) is 19.2 Å². The molecule has 3 N–H and O–H groups in total. The molecule has 6 nitrogen and oxygen atoms in total. The van der Waals surface area contributed by atoms with Gasteiger partial charge in [-0.25, -0.2) is 13.6 Å². The molecule has 0 bridgehead atoms. The first kappa shape index (κ1) is 14.9. The average Bonchev–Trinajstić information content (AvgIpc) is 2.47. The van der Waals surface area contributed by atoms with E-state index >= 15 is 0 Å². The van der Waals surface area contributed by atoms with Crippen LogP contribution in [0.5, 0.6) is 0 Å². The highest BCUT2D eigenvalue weighted by Gasteiger charge is 2.06. The smallest absolute Gasteiger partial charge is 0.238 e. The van der Waals surface area contributed by atoms with Crippen LogP contribution < -0.4 is 10.5 Å². The van der Waals surface area contributed by atoms with Crippen LogP contribution in [0.25, 0.3) is 0 Å². The van der Waals surface area contributed by atoms with Gasteiger partial charge in [0.05, 0.1) is 4.90 Å². The van der Waals surface area contributed by atoms with Gasteiger partial charge in [0.25, 0.3) is 0 Å². The normalized spacial score (nSPS) is 11.5. The second-order valence-electron chi connectivity index (χ2n) is 4.15. The molecule has 0 saturated carbocycles. The van der Waals surface area contributed by atoms with Crippen molar-refractivity contribution in [2.45, 2.75) is 4.90 Å². The van der Waals surface area contributed by atoms with Gasteiger partial charge in [-0.15, -0.1) is 0 Å². The van der Waals surface area contributed by atoms with Crippen molar-refractivity contribution in [3.8, 4) is 0 Å². The fourth-order valence-electron chi connectivity index (χ4n) is 1.57. The average molecular weight is 303 g/mol. The zero-order chi connectivity index (χ0) is 15.3. The van der Waals surface area contributed by atoms with Gasteiger partial charge in [-0.05, 0) is 36.4 Å². The van der Waals surface area contributed by atoms with Gasteiger partial charge in [0, 0.05) is 35.9 Å². The van der Waals surface area contributed by atoms with Crippen LogP contribution in [0.4, 0.5) is 5.69 Å². The fraction of sp³-hybridized carbons (Fsp3) is 0. The number of allylic oxidation sites excluding steroid dienone is 1. The third-order valence-corrected chi connectivity index (χ3v) is 3.56. The molecule has 0 unspecified atom stereocenters.